The minimum Gasteiger partial charge on any atom is -0.479 e. The molecular weight excluding hydrogens is 336 g/mol. The molecule has 0 rings (SSSR count). The molecule has 3 nitrogen and oxygen atoms in total. The van der Waals surface area contributed by atoms with E-state index in [1.165, 1.54) is 0 Å². The first-order valence-electron chi connectivity index (χ1n) is 10.3. The predicted molar refractivity (Wildman–Crippen MR) is 116 cm³/mol. The molecule has 0 aliphatic heterocycles. The minimum absolute atomic E-state index is 0.518. The van der Waals surface area contributed by atoms with Crippen molar-refractivity contribution >= 4 is 5.97 Å². The van der Waals surface area contributed by atoms with Gasteiger partial charge in [0.2, 0.25) is 0 Å². The molecule has 0 aromatic heterocycles. The van der Waals surface area contributed by atoms with Crippen LogP contribution in [0.1, 0.15) is 71.6 Å². The van der Waals surface area contributed by atoms with Crippen LogP contribution < -0.4 is 0 Å². The van der Waals surface area contributed by atoms with Crippen LogP contribution in [-0.2, 0) is 9.53 Å². The number of hydrogen-bond donors (Lipinski definition) is 1. The zero-order valence-corrected chi connectivity index (χ0v) is 17.2. The maximum atomic E-state index is 10.8. The van der Waals surface area contributed by atoms with Gasteiger partial charge in [-0.25, -0.2) is 4.79 Å². The molecule has 0 radical (unpaired) electrons. The lowest BCUT2D eigenvalue weighted by Gasteiger charge is -2.10. The summed E-state index contributed by atoms with van der Waals surface area (Å²) in [6.07, 6.45) is 29.9. The zero-order valence-electron chi connectivity index (χ0n) is 17.2. The number of unbranched alkanes of at least 4 members (excludes halogenated alkanes) is 2. The zero-order chi connectivity index (χ0) is 20.0. The molecule has 0 saturated carbocycles. The van der Waals surface area contributed by atoms with E-state index in [-0.39, 0.29) is 0 Å². The number of ether oxygens (including phenoxy) is 1. The molecule has 0 fully saturated rings. The first-order valence-corrected chi connectivity index (χ1v) is 10.3. The van der Waals surface area contributed by atoms with Crippen molar-refractivity contribution in [2.45, 2.75) is 77.7 Å². The second-order valence-electron chi connectivity index (χ2n) is 6.31. The maximum absolute atomic E-state index is 10.8. The third kappa shape index (κ3) is 18.7. The molecule has 0 spiro atoms. The molecular formula is C24H38O3. The quantitative estimate of drug-likeness (QED) is 0.225. The lowest BCUT2D eigenvalue weighted by molar-refractivity contribution is -0.150. The normalized spacial score (nSPS) is 13.9. The van der Waals surface area contributed by atoms with Crippen molar-refractivity contribution in [3.05, 3.63) is 60.8 Å². The van der Waals surface area contributed by atoms with Crippen LogP contribution in [0.15, 0.2) is 60.8 Å². The van der Waals surface area contributed by atoms with Gasteiger partial charge in [0.05, 0.1) is 0 Å². The SMILES string of the molecule is CCC=CCC=CCC=CCC=CCC=CCCCCO[C@H](CC)C(=O)O. The van der Waals surface area contributed by atoms with Crippen LogP contribution >= 0.6 is 0 Å². The number of carbonyl (C=O) groups is 1. The van der Waals surface area contributed by atoms with Crippen molar-refractivity contribution in [2.75, 3.05) is 6.61 Å². The molecule has 152 valence electrons. The van der Waals surface area contributed by atoms with Gasteiger partial charge in [0.1, 0.15) is 0 Å². The lowest BCUT2D eigenvalue weighted by Crippen LogP contribution is -2.23. The largest absolute Gasteiger partial charge is 0.479 e. The summed E-state index contributed by atoms with van der Waals surface area (Å²) in [6.45, 7) is 4.50. The monoisotopic (exact) mass is 374 g/mol. The molecule has 27 heavy (non-hydrogen) atoms. The smallest absolute Gasteiger partial charge is 0.332 e. The van der Waals surface area contributed by atoms with Gasteiger partial charge in [0.25, 0.3) is 0 Å². The fourth-order valence-corrected chi connectivity index (χ4v) is 2.32. The summed E-state index contributed by atoms with van der Waals surface area (Å²) in [6, 6.07) is 0. The Kier molecular flexibility index (Phi) is 19.0. The van der Waals surface area contributed by atoms with E-state index >= 15 is 0 Å². The maximum Gasteiger partial charge on any atom is 0.332 e. The van der Waals surface area contributed by atoms with Crippen molar-refractivity contribution in [2.24, 2.45) is 0 Å². The van der Waals surface area contributed by atoms with Crippen molar-refractivity contribution in [3.63, 3.8) is 0 Å². The Hall–Kier alpha value is -1.87. The molecule has 0 amide bonds. The summed E-state index contributed by atoms with van der Waals surface area (Å²) in [5, 5.41) is 8.87. The van der Waals surface area contributed by atoms with E-state index in [9.17, 15) is 4.79 Å². The van der Waals surface area contributed by atoms with E-state index in [0.717, 1.165) is 51.4 Å². The van der Waals surface area contributed by atoms with Crippen molar-refractivity contribution in [3.8, 4) is 0 Å². The lowest BCUT2D eigenvalue weighted by atomic mass is 10.2. The summed E-state index contributed by atoms with van der Waals surface area (Å²) < 4.78 is 5.33. The third-order valence-electron chi connectivity index (χ3n) is 3.89. The number of rotatable bonds is 17. The number of carboxylic acids is 1. The van der Waals surface area contributed by atoms with Crippen molar-refractivity contribution in [1.82, 2.24) is 0 Å². The van der Waals surface area contributed by atoms with Crippen molar-refractivity contribution in [1.29, 1.82) is 0 Å². The number of hydrogen-bond acceptors (Lipinski definition) is 2. The third-order valence-corrected chi connectivity index (χ3v) is 3.89. The minimum atomic E-state index is -0.865. The highest BCUT2D eigenvalue weighted by Crippen LogP contribution is 2.03. The van der Waals surface area contributed by atoms with Crippen LogP contribution in [0.2, 0.25) is 0 Å². The predicted octanol–water partition coefficient (Wildman–Crippen LogP) is 6.79. The number of allylic oxidation sites excluding steroid dienone is 10. The number of carboxylic acid groups (broad SMARTS) is 1. The molecule has 0 aromatic carbocycles. The van der Waals surface area contributed by atoms with Gasteiger partial charge in [-0.3, -0.25) is 0 Å². The van der Waals surface area contributed by atoms with Crippen LogP contribution in [-0.4, -0.2) is 23.8 Å². The molecule has 0 unspecified atom stereocenters. The molecule has 0 heterocycles. The van der Waals surface area contributed by atoms with Crippen LogP contribution in [0.3, 0.4) is 0 Å². The second-order valence-corrected chi connectivity index (χ2v) is 6.31. The number of aliphatic carboxylic acids is 1. The highest BCUT2D eigenvalue weighted by molar-refractivity contribution is 5.72. The van der Waals surface area contributed by atoms with E-state index < -0.39 is 12.1 Å². The van der Waals surface area contributed by atoms with E-state index in [2.05, 4.69) is 67.7 Å². The summed E-state index contributed by atoms with van der Waals surface area (Å²) in [5.41, 5.74) is 0. The Morgan fingerprint density at radius 3 is 1.70 bits per heavy atom. The van der Waals surface area contributed by atoms with Crippen molar-refractivity contribution < 1.29 is 14.6 Å². The molecule has 3 heteroatoms. The molecule has 0 aliphatic carbocycles. The Labute approximate surface area is 166 Å². The molecule has 1 N–H and O–H groups in total. The summed E-state index contributed by atoms with van der Waals surface area (Å²) in [5.74, 6) is -0.865. The Morgan fingerprint density at radius 2 is 1.26 bits per heavy atom. The summed E-state index contributed by atoms with van der Waals surface area (Å²) >= 11 is 0. The molecule has 0 saturated heterocycles. The van der Waals surface area contributed by atoms with Gasteiger partial charge < -0.3 is 9.84 Å². The molecule has 0 bridgehead atoms. The van der Waals surface area contributed by atoms with Gasteiger partial charge in [0.15, 0.2) is 6.10 Å². The van der Waals surface area contributed by atoms with Gasteiger partial charge in [-0.05, 0) is 57.8 Å². The molecule has 0 aliphatic rings. The van der Waals surface area contributed by atoms with Gasteiger partial charge in [0, 0.05) is 6.61 Å². The van der Waals surface area contributed by atoms with Gasteiger partial charge in [-0.15, -0.1) is 0 Å². The molecule has 0 aromatic rings. The Morgan fingerprint density at radius 1 is 0.778 bits per heavy atom. The Bertz CT molecular complexity index is 484. The summed E-state index contributed by atoms with van der Waals surface area (Å²) in [7, 11) is 0. The first kappa shape index (κ1) is 25.1. The van der Waals surface area contributed by atoms with E-state index in [1.807, 2.05) is 6.92 Å². The van der Waals surface area contributed by atoms with E-state index in [0.29, 0.717) is 13.0 Å². The fourth-order valence-electron chi connectivity index (χ4n) is 2.32. The van der Waals surface area contributed by atoms with Gasteiger partial charge in [-0.1, -0.05) is 74.6 Å². The highest BCUT2D eigenvalue weighted by atomic mass is 16.5. The highest BCUT2D eigenvalue weighted by Gasteiger charge is 2.14. The van der Waals surface area contributed by atoms with Crippen LogP contribution in [0.25, 0.3) is 0 Å². The Balaban J connectivity index is 3.51. The van der Waals surface area contributed by atoms with Crippen LogP contribution in [0, 0.1) is 0 Å². The van der Waals surface area contributed by atoms with Gasteiger partial charge in [-0.2, -0.15) is 0 Å². The first-order chi connectivity index (χ1) is 13.2. The second kappa shape index (κ2) is 20.4. The van der Waals surface area contributed by atoms with Gasteiger partial charge >= 0.3 is 5.97 Å². The topological polar surface area (TPSA) is 46.5 Å². The molecule has 1 atom stereocenters. The van der Waals surface area contributed by atoms with E-state index in [1.54, 1.807) is 0 Å². The average Bonchev–Trinajstić information content (AvgIpc) is 2.66. The fraction of sp³-hybridized carbons (Fsp3) is 0.542. The van der Waals surface area contributed by atoms with Crippen LogP contribution in [0.5, 0.6) is 0 Å². The van der Waals surface area contributed by atoms with Crippen LogP contribution in [0.4, 0.5) is 0 Å². The average molecular weight is 375 g/mol. The standard InChI is InChI=1S/C24H38O3/c1-3-5-6-7-8-9-10-11-12-13-14-15-16-17-18-19-20-21-22-27-23(4-2)24(25)26/h5-6,8-9,11-12,14-15,17-18,23H,3-4,7,10,13,16,19-22H2,1-2H3,(H,25,26)/t23-/m1/s1. The van der Waals surface area contributed by atoms with E-state index in [4.69, 9.17) is 9.84 Å². The summed E-state index contributed by atoms with van der Waals surface area (Å²) in [4.78, 5) is 10.8.